The number of nitrogens with one attached hydrogen (secondary N) is 4. The van der Waals surface area contributed by atoms with Crippen molar-refractivity contribution >= 4 is 23.3 Å². The molecule has 220 valence electrons. The van der Waals surface area contributed by atoms with Gasteiger partial charge >= 0.3 is 0 Å². The first-order valence-electron chi connectivity index (χ1n) is 14.7. The molecule has 0 spiro atoms. The number of hydrogen-bond acceptors (Lipinski definition) is 11. The summed E-state index contributed by atoms with van der Waals surface area (Å²) in [6, 6.07) is 9.03. The summed E-state index contributed by atoms with van der Waals surface area (Å²) in [6.07, 6.45) is 7.54. The van der Waals surface area contributed by atoms with E-state index < -0.39 is 0 Å². The highest BCUT2D eigenvalue weighted by Crippen LogP contribution is 2.48. The van der Waals surface area contributed by atoms with Crippen molar-refractivity contribution in [1.82, 2.24) is 25.9 Å². The molecule has 2 aliphatic carbocycles. The fraction of sp³-hybridized carbons (Fsp3) is 0.500. The van der Waals surface area contributed by atoms with Crippen LogP contribution in [0.5, 0.6) is 11.5 Å². The molecule has 12 heteroatoms. The zero-order valence-corrected chi connectivity index (χ0v) is 23.9. The Bertz CT molecular complexity index is 1630. The molecule has 0 amide bonds. The summed E-state index contributed by atoms with van der Waals surface area (Å²) >= 11 is 0. The number of hydrogen-bond donors (Lipinski definition) is 7. The van der Waals surface area contributed by atoms with Gasteiger partial charge in [-0.1, -0.05) is 6.07 Å². The molecule has 1 saturated heterocycles. The third-order valence-corrected chi connectivity index (χ3v) is 9.18. The summed E-state index contributed by atoms with van der Waals surface area (Å²) in [5.41, 5.74) is 9.07. The standard InChI is InChI=1S/C30H37N9O3/c1-29(2,12-21-24(40)25(41)28(42-21)39-15-35-23-26(32)33-14-34-27(23)39)38-18-9-16(10-18)3-6-22-36-19-5-4-17(11-20(19)37-22)30(13-31)7-8-30/h4-5,11,14,16,18,27,35,38,40-41H,3,6-10,12,15,32H2,1-2H3,(H,33,34)(H,36,37)/t16?,18?,27-/m1/s1. The van der Waals surface area contributed by atoms with Gasteiger partial charge in [-0.3, -0.25) is 4.90 Å². The normalized spacial score (nSPS) is 24.2. The van der Waals surface area contributed by atoms with Crippen LogP contribution in [-0.2, 0) is 18.3 Å². The van der Waals surface area contributed by atoms with Crippen LogP contribution in [0, 0.1) is 17.2 Å². The molecule has 3 aromatic rings. The number of rotatable bonds is 9. The molecule has 3 fully saturated rings. The molecule has 2 saturated carbocycles. The van der Waals surface area contributed by atoms with Gasteiger partial charge in [0.25, 0.3) is 0 Å². The topological polar surface area (TPSA) is 184 Å². The quantitative estimate of drug-likeness (QED) is 0.201. The lowest BCUT2D eigenvalue weighted by Gasteiger charge is -2.41. The predicted molar refractivity (Wildman–Crippen MR) is 158 cm³/mol. The van der Waals surface area contributed by atoms with Crippen molar-refractivity contribution in [2.75, 3.05) is 11.6 Å². The van der Waals surface area contributed by atoms with Gasteiger partial charge in [0.15, 0.2) is 5.76 Å². The Kier molecular flexibility index (Phi) is 6.06. The van der Waals surface area contributed by atoms with E-state index >= 15 is 0 Å². The van der Waals surface area contributed by atoms with Gasteiger partial charge in [0, 0.05) is 24.4 Å². The molecule has 4 heterocycles. The summed E-state index contributed by atoms with van der Waals surface area (Å²) in [5, 5.41) is 40.9. The summed E-state index contributed by atoms with van der Waals surface area (Å²) in [7, 11) is 0. The lowest BCUT2D eigenvalue weighted by Crippen LogP contribution is -2.52. The van der Waals surface area contributed by atoms with E-state index in [1.54, 1.807) is 4.90 Å². The second-order valence-electron chi connectivity index (χ2n) is 12.8. The number of aromatic amines is 1. The number of anilines is 1. The van der Waals surface area contributed by atoms with E-state index in [0.29, 0.717) is 42.3 Å². The van der Waals surface area contributed by atoms with E-state index in [-0.39, 0.29) is 34.5 Å². The zero-order chi connectivity index (χ0) is 29.2. The van der Waals surface area contributed by atoms with Crippen LogP contribution in [0.2, 0.25) is 0 Å². The van der Waals surface area contributed by atoms with Gasteiger partial charge in [0.05, 0.1) is 41.2 Å². The molecule has 1 atom stereocenters. The number of nitrogens with two attached hydrogens (primary N) is 1. The summed E-state index contributed by atoms with van der Waals surface area (Å²) in [4.78, 5) is 14.1. The van der Waals surface area contributed by atoms with Gasteiger partial charge in [-0.2, -0.15) is 5.26 Å². The van der Waals surface area contributed by atoms with E-state index in [1.165, 1.54) is 6.34 Å². The van der Waals surface area contributed by atoms with Crippen LogP contribution in [0.15, 0.2) is 39.1 Å². The molecule has 0 unspecified atom stereocenters. The number of aromatic hydroxyl groups is 2. The lowest BCUT2D eigenvalue weighted by molar-refractivity contribution is 0.166. The minimum absolute atomic E-state index is 0.184. The molecular weight excluding hydrogens is 534 g/mol. The van der Waals surface area contributed by atoms with Crippen molar-refractivity contribution in [2.45, 2.75) is 82.0 Å². The fourth-order valence-corrected chi connectivity index (χ4v) is 6.62. The van der Waals surface area contributed by atoms with Gasteiger partial charge < -0.3 is 41.3 Å². The second kappa shape index (κ2) is 9.59. The van der Waals surface area contributed by atoms with Gasteiger partial charge in [0.2, 0.25) is 17.4 Å². The van der Waals surface area contributed by atoms with Crippen LogP contribution in [0.3, 0.4) is 0 Å². The number of nitrogens with zero attached hydrogens (tertiary/aromatic N) is 4. The predicted octanol–water partition coefficient (Wildman–Crippen LogP) is 2.90. The average Bonchev–Trinajstić information content (AvgIpc) is 3.32. The number of H-pyrrole nitrogens is 1. The molecule has 12 nitrogen and oxygen atoms in total. The maximum Gasteiger partial charge on any atom is 0.245 e. The van der Waals surface area contributed by atoms with Crippen molar-refractivity contribution in [1.29, 1.82) is 5.26 Å². The molecule has 0 radical (unpaired) electrons. The Balaban J connectivity index is 0.923. The summed E-state index contributed by atoms with van der Waals surface area (Å²) in [6.45, 7) is 4.51. The zero-order valence-electron chi connectivity index (χ0n) is 23.9. The summed E-state index contributed by atoms with van der Waals surface area (Å²) < 4.78 is 6.02. The molecule has 4 aliphatic rings. The van der Waals surface area contributed by atoms with Gasteiger partial charge in [0.1, 0.15) is 17.8 Å². The number of fused-ring (bicyclic) bond motifs is 2. The van der Waals surface area contributed by atoms with Gasteiger partial charge in [-0.15, -0.1) is 0 Å². The highest BCUT2D eigenvalue weighted by atomic mass is 16.4. The molecule has 1 aromatic carbocycles. The van der Waals surface area contributed by atoms with E-state index in [0.717, 1.165) is 60.9 Å². The van der Waals surface area contributed by atoms with E-state index in [4.69, 9.17) is 15.1 Å². The third-order valence-electron chi connectivity index (χ3n) is 9.18. The van der Waals surface area contributed by atoms with Crippen LogP contribution in [0.4, 0.5) is 5.88 Å². The Hall–Kier alpha value is -4.37. The maximum atomic E-state index is 10.7. The minimum atomic E-state index is -0.361. The molecule has 7 rings (SSSR count). The smallest absolute Gasteiger partial charge is 0.245 e. The highest BCUT2D eigenvalue weighted by molar-refractivity contribution is 5.77. The monoisotopic (exact) mass is 571 g/mol. The number of aromatic nitrogens is 2. The van der Waals surface area contributed by atoms with Crippen molar-refractivity contribution in [3.05, 3.63) is 46.9 Å². The number of aryl methyl sites for hydroxylation is 1. The van der Waals surface area contributed by atoms with E-state index in [1.807, 2.05) is 0 Å². The van der Waals surface area contributed by atoms with Crippen molar-refractivity contribution < 1.29 is 14.6 Å². The van der Waals surface area contributed by atoms with Gasteiger partial charge in [-0.05, 0) is 69.6 Å². The SMILES string of the molecule is CC(C)(Cc1oc(N2CNC3=C(N)N=CN[C@@H]32)c(O)c1O)NC1CC(CCc2nc3cc(C4(C#N)CC4)ccc3[nH]2)C1. The fourth-order valence-electron chi connectivity index (χ4n) is 6.62. The average molecular weight is 572 g/mol. The Morgan fingerprint density at radius 1 is 1.26 bits per heavy atom. The second-order valence-corrected chi connectivity index (χ2v) is 12.8. The molecule has 2 aromatic heterocycles. The molecule has 42 heavy (non-hydrogen) atoms. The molecule has 8 N–H and O–H groups in total. The van der Waals surface area contributed by atoms with E-state index in [9.17, 15) is 15.5 Å². The van der Waals surface area contributed by atoms with Crippen LogP contribution in [0.1, 0.15) is 63.1 Å². The van der Waals surface area contributed by atoms with Crippen molar-refractivity contribution in [3.63, 3.8) is 0 Å². The first-order chi connectivity index (χ1) is 20.1. The number of nitriles is 1. The minimum Gasteiger partial charge on any atom is -0.502 e. The van der Waals surface area contributed by atoms with Crippen LogP contribution >= 0.6 is 0 Å². The number of benzene rings is 1. The number of furan rings is 1. The Morgan fingerprint density at radius 3 is 2.83 bits per heavy atom. The Morgan fingerprint density at radius 2 is 2.07 bits per heavy atom. The molecule has 2 aliphatic heterocycles. The maximum absolute atomic E-state index is 10.7. The first kappa shape index (κ1) is 26.5. The lowest BCUT2D eigenvalue weighted by atomic mass is 9.76. The van der Waals surface area contributed by atoms with Crippen LogP contribution < -0.4 is 26.6 Å². The van der Waals surface area contributed by atoms with Gasteiger partial charge in [-0.25, -0.2) is 9.98 Å². The highest BCUT2D eigenvalue weighted by Gasteiger charge is 2.45. The largest absolute Gasteiger partial charge is 0.502 e. The van der Waals surface area contributed by atoms with Crippen molar-refractivity contribution in [2.24, 2.45) is 16.6 Å². The van der Waals surface area contributed by atoms with Crippen molar-refractivity contribution in [3.8, 4) is 17.6 Å². The number of imidazole rings is 1. The summed E-state index contributed by atoms with van der Waals surface area (Å²) in [5.74, 6) is 1.99. The molecule has 0 bridgehead atoms. The third kappa shape index (κ3) is 4.58. The van der Waals surface area contributed by atoms with Crippen LogP contribution in [-0.4, -0.2) is 50.9 Å². The Labute approximate surface area is 243 Å². The molecular formula is C30H37N9O3. The van der Waals surface area contributed by atoms with Crippen LogP contribution in [0.25, 0.3) is 11.0 Å². The van der Waals surface area contributed by atoms with E-state index in [2.05, 4.69) is 64.0 Å². The first-order valence-corrected chi connectivity index (χ1v) is 14.7. The number of aliphatic imine (C=N–C) groups is 1.